The summed E-state index contributed by atoms with van der Waals surface area (Å²) in [6.07, 6.45) is -0.930. The number of aliphatic carboxylic acids is 1. The number of furan rings is 1. The Morgan fingerprint density at radius 1 is 1.06 bits per heavy atom. The zero-order chi connectivity index (χ0) is 23.6. The fraction of sp³-hybridized carbons (Fsp3) is 0.130. The molecule has 33 heavy (non-hydrogen) atoms. The lowest BCUT2D eigenvalue weighted by Gasteiger charge is -2.17. The molecule has 0 spiro atoms. The highest BCUT2D eigenvalue weighted by Gasteiger charge is 2.38. The fourth-order valence-electron chi connectivity index (χ4n) is 3.45. The zero-order valence-corrected chi connectivity index (χ0v) is 16.9. The molecule has 0 atom stereocenters. The van der Waals surface area contributed by atoms with E-state index in [0.29, 0.717) is 23.6 Å². The molecule has 10 heteroatoms. The largest absolute Gasteiger partial charge is 0.490 e. The van der Waals surface area contributed by atoms with Gasteiger partial charge in [-0.2, -0.15) is 13.2 Å². The van der Waals surface area contributed by atoms with Crippen LogP contribution in [-0.4, -0.2) is 39.7 Å². The second-order valence-corrected chi connectivity index (χ2v) is 7.05. The average molecular weight is 455 g/mol. The number of carboxylic acid groups (broad SMARTS) is 1. The Bertz CT molecular complexity index is 1320. The first-order valence-electron chi connectivity index (χ1n) is 9.75. The molecule has 0 fully saturated rings. The molecule has 3 aromatic heterocycles. The number of anilines is 1. The van der Waals surface area contributed by atoms with Gasteiger partial charge in [0.1, 0.15) is 11.5 Å². The van der Waals surface area contributed by atoms with Gasteiger partial charge in [-0.15, -0.1) is 0 Å². The van der Waals surface area contributed by atoms with Crippen molar-refractivity contribution in [1.29, 1.82) is 0 Å². The minimum atomic E-state index is -5.08. The molecule has 4 aromatic rings. The van der Waals surface area contributed by atoms with Crippen molar-refractivity contribution in [3.8, 4) is 11.5 Å². The van der Waals surface area contributed by atoms with Crippen LogP contribution in [0.15, 0.2) is 71.5 Å². The molecular weight excluding hydrogens is 439 g/mol. The van der Waals surface area contributed by atoms with E-state index in [1.165, 1.54) is 0 Å². The predicted molar refractivity (Wildman–Crippen MR) is 113 cm³/mol. The molecule has 1 aliphatic heterocycles. The van der Waals surface area contributed by atoms with E-state index in [9.17, 15) is 18.0 Å². The zero-order valence-electron chi connectivity index (χ0n) is 16.9. The molecule has 0 saturated carbocycles. The van der Waals surface area contributed by atoms with Crippen LogP contribution in [0, 0.1) is 0 Å². The van der Waals surface area contributed by atoms with Crippen molar-refractivity contribution in [2.75, 3.05) is 11.4 Å². The summed E-state index contributed by atoms with van der Waals surface area (Å²) in [5, 5.41) is 7.96. The fourth-order valence-corrected chi connectivity index (χ4v) is 3.45. The number of rotatable bonds is 2. The number of amides is 1. The smallest absolute Gasteiger partial charge is 0.475 e. The third-order valence-corrected chi connectivity index (χ3v) is 4.94. The maximum atomic E-state index is 13.4. The van der Waals surface area contributed by atoms with Crippen molar-refractivity contribution in [3.05, 3.63) is 78.2 Å². The van der Waals surface area contributed by atoms with Crippen molar-refractivity contribution in [3.63, 3.8) is 0 Å². The van der Waals surface area contributed by atoms with Crippen LogP contribution in [0.2, 0.25) is 0 Å². The third-order valence-electron chi connectivity index (χ3n) is 4.94. The molecule has 1 amide bonds. The van der Waals surface area contributed by atoms with Gasteiger partial charge in [0.25, 0.3) is 5.91 Å². The first kappa shape index (κ1) is 22.0. The van der Waals surface area contributed by atoms with Gasteiger partial charge in [-0.3, -0.25) is 9.69 Å². The number of benzene rings is 1. The number of hydrogen-bond acceptors (Lipinski definition) is 5. The standard InChI is InChI=1S/C21H15N3O2.C2HF3O2/c25-21(24-11-9-14-5-3-10-22-20(14)24)16-13-18(19-8-4-12-26-19)23-17-7-2-1-6-15(16)17;3-2(4,5)1(6)7/h1-8,10,12-13H,9,11H2;(H,6,7). The van der Waals surface area contributed by atoms with Gasteiger partial charge in [-0.1, -0.05) is 24.3 Å². The highest BCUT2D eigenvalue weighted by Crippen LogP contribution is 2.30. The molecule has 5 rings (SSSR count). The average Bonchev–Trinajstić information content (AvgIpc) is 3.48. The van der Waals surface area contributed by atoms with Crippen LogP contribution in [0.1, 0.15) is 15.9 Å². The van der Waals surface area contributed by atoms with E-state index in [1.807, 2.05) is 54.6 Å². The number of carbonyl (C=O) groups is 2. The second-order valence-electron chi connectivity index (χ2n) is 7.05. The number of alkyl halides is 3. The van der Waals surface area contributed by atoms with Crippen LogP contribution in [0.4, 0.5) is 19.0 Å². The molecule has 7 nitrogen and oxygen atoms in total. The van der Waals surface area contributed by atoms with Gasteiger partial charge in [-0.05, 0) is 42.3 Å². The minimum Gasteiger partial charge on any atom is -0.475 e. The lowest BCUT2D eigenvalue weighted by Crippen LogP contribution is -2.29. The molecule has 0 saturated heterocycles. The van der Waals surface area contributed by atoms with E-state index in [1.54, 1.807) is 17.4 Å². The van der Waals surface area contributed by atoms with Gasteiger partial charge < -0.3 is 9.52 Å². The molecule has 1 aromatic carbocycles. The lowest BCUT2D eigenvalue weighted by molar-refractivity contribution is -0.192. The van der Waals surface area contributed by atoms with Gasteiger partial charge in [0, 0.05) is 18.1 Å². The van der Waals surface area contributed by atoms with Crippen LogP contribution in [-0.2, 0) is 11.2 Å². The van der Waals surface area contributed by atoms with E-state index in [-0.39, 0.29) is 5.91 Å². The molecule has 4 heterocycles. The number of carboxylic acids is 1. The van der Waals surface area contributed by atoms with Crippen molar-refractivity contribution in [1.82, 2.24) is 9.97 Å². The third kappa shape index (κ3) is 4.54. The van der Waals surface area contributed by atoms with Crippen LogP contribution in [0.25, 0.3) is 22.4 Å². The Hall–Kier alpha value is -4.21. The summed E-state index contributed by atoms with van der Waals surface area (Å²) in [4.78, 5) is 33.1. The van der Waals surface area contributed by atoms with E-state index >= 15 is 0 Å². The Labute approximate surface area is 185 Å². The van der Waals surface area contributed by atoms with Gasteiger partial charge in [-0.25, -0.2) is 14.8 Å². The topological polar surface area (TPSA) is 96.5 Å². The summed E-state index contributed by atoms with van der Waals surface area (Å²) in [5.74, 6) is -1.43. The molecule has 0 aliphatic carbocycles. The lowest BCUT2D eigenvalue weighted by atomic mass is 10.1. The number of nitrogens with zero attached hydrogens (tertiary/aromatic N) is 3. The Kier molecular flexibility index (Phi) is 5.82. The van der Waals surface area contributed by atoms with Gasteiger partial charge in [0.05, 0.1) is 17.3 Å². The maximum absolute atomic E-state index is 13.4. The van der Waals surface area contributed by atoms with E-state index in [2.05, 4.69) is 9.97 Å². The normalized spacial score (nSPS) is 12.8. The first-order valence-corrected chi connectivity index (χ1v) is 9.75. The van der Waals surface area contributed by atoms with Crippen LogP contribution in [0.3, 0.4) is 0 Å². The second kappa shape index (κ2) is 8.73. The first-order chi connectivity index (χ1) is 15.8. The predicted octanol–water partition coefficient (Wildman–Crippen LogP) is 4.73. The monoisotopic (exact) mass is 455 g/mol. The van der Waals surface area contributed by atoms with E-state index < -0.39 is 12.1 Å². The van der Waals surface area contributed by atoms with Crippen molar-refractivity contribution in [2.45, 2.75) is 12.6 Å². The number of halogens is 3. The maximum Gasteiger partial charge on any atom is 0.490 e. The van der Waals surface area contributed by atoms with Gasteiger partial charge >= 0.3 is 12.1 Å². The molecule has 0 bridgehead atoms. The molecule has 0 unspecified atom stereocenters. The molecule has 1 aliphatic rings. The highest BCUT2D eigenvalue weighted by molar-refractivity contribution is 6.14. The van der Waals surface area contributed by atoms with Crippen molar-refractivity contribution >= 4 is 28.6 Å². The number of fused-ring (bicyclic) bond motifs is 2. The summed E-state index contributed by atoms with van der Waals surface area (Å²) in [6.45, 7) is 0.637. The van der Waals surface area contributed by atoms with Crippen molar-refractivity contribution in [2.24, 2.45) is 0 Å². The number of hydrogen-bond donors (Lipinski definition) is 1. The van der Waals surface area contributed by atoms with Crippen LogP contribution >= 0.6 is 0 Å². The molecular formula is C23H16F3N3O4. The minimum absolute atomic E-state index is 0.0612. The Morgan fingerprint density at radius 3 is 2.52 bits per heavy atom. The summed E-state index contributed by atoms with van der Waals surface area (Å²) in [6, 6.07) is 17.1. The highest BCUT2D eigenvalue weighted by atomic mass is 19.4. The van der Waals surface area contributed by atoms with Gasteiger partial charge in [0.15, 0.2) is 5.76 Å². The van der Waals surface area contributed by atoms with Crippen LogP contribution in [0.5, 0.6) is 0 Å². The summed E-state index contributed by atoms with van der Waals surface area (Å²) >= 11 is 0. The molecule has 1 N–H and O–H groups in total. The van der Waals surface area contributed by atoms with Crippen LogP contribution < -0.4 is 4.90 Å². The summed E-state index contributed by atoms with van der Waals surface area (Å²) < 4.78 is 37.2. The summed E-state index contributed by atoms with van der Waals surface area (Å²) in [5.41, 5.74) is 3.13. The summed E-state index contributed by atoms with van der Waals surface area (Å²) in [7, 11) is 0. The molecule has 0 radical (unpaired) electrons. The Balaban J connectivity index is 0.000000325. The number of aromatic nitrogens is 2. The molecule has 168 valence electrons. The number of carbonyl (C=O) groups excluding carboxylic acids is 1. The quantitative estimate of drug-likeness (QED) is 0.470. The van der Waals surface area contributed by atoms with E-state index in [0.717, 1.165) is 28.7 Å². The number of pyridine rings is 2. The van der Waals surface area contributed by atoms with Gasteiger partial charge in [0.2, 0.25) is 0 Å². The van der Waals surface area contributed by atoms with E-state index in [4.69, 9.17) is 14.3 Å². The van der Waals surface area contributed by atoms with Crippen molar-refractivity contribution < 1.29 is 32.3 Å². The Morgan fingerprint density at radius 2 is 1.82 bits per heavy atom. The number of para-hydroxylation sites is 1. The SMILES string of the molecule is O=C(O)C(F)(F)F.O=C(c1cc(-c2ccco2)nc2ccccc12)N1CCc2cccnc21.